The zero-order chi connectivity index (χ0) is 18.0. The first-order valence-electron chi connectivity index (χ1n) is 7.99. The zero-order valence-electron chi connectivity index (χ0n) is 13.7. The second-order valence-electron chi connectivity index (χ2n) is 6.04. The highest BCUT2D eigenvalue weighted by molar-refractivity contribution is 7.91. The fourth-order valence-corrected chi connectivity index (χ4v) is 5.94. The molecule has 1 aromatic heterocycles. The molecule has 1 fully saturated rings. The fourth-order valence-electron chi connectivity index (χ4n) is 2.85. The number of hydrogen-bond donors (Lipinski definition) is 1. The van der Waals surface area contributed by atoms with Gasteiger partial charge >= 0.3 is 0 Å². The van der Waals surface area contributed by atoms with Gasteiger partial charge in [-0.15, -0.1) is 11.3 Å². The highest BCUT2D eigenvalue weighted by Gasteiger charge is 2.32. The van der Waals surface area contributed by atoms with E-state index in [-0.39, 0.29) is 11.8 Å². The molecular formula is C17H19ClN2O3S2. The maximum absolute atomic E-state index is 12.6. The molecule has 0 saturated carbocycles. The SMILES string of the molecule is Cc1ccc(S(=O)(=O)N2CCC(C(=O)Nc3cccc(Cl)c3)CC2)s1. The predicted octanol–water partition coefficient (Wildman–Crippen LogP) is 3.75. The van der Waals surface area contributed by atoms with Crippen LogP contribution in [0, 0.1) is 12.8 Å². The third kappa shape index (κ3) is 4.23. The van der Waals surface area contributed by atoms with Crippen LogP contribution in [0.4, 0.5) is 5.69 Å². The summed E-state index contributed by atoms with van der Waals surface area (Å²) in [5, 5.41) is 3.41. The third-order valence-electron chi connectivity index (χ3n) is 4.23. The van der Waals surface area contributed by atoms with Crippen molar-refractivity contribution in [1.82, 2.24) is 4.31 Å². The van der Waals surface area contributed by atoms with Crippen molar-refractivity contribution >= 4 is 44.6 Å². The molecule has 8 heteroatoms. The second kappa shape index (κ2) is 7.45. The van der Waals surface area contributed by atoms with E-state index in [9.17, 15) is 13.2 Å². The topological polar surface area (TPSA) is 66.5 Å². The number of carbonyl (C=O) groups excluding carboxylic acids is 1. The summed E-state index contributed by atoms with van der Waals surface area (Å²) in [6.07, 6.45) is 1.02. The Balaban J connectivity index is 1.61. The Labute approximate surface area is 156 Å². The summed E-state index contributed by atoms with van der Waals surface area (Å²) < 4.78 is 27.1. The summed E-state index contributed by atoms with van der Waals surface area (Å²) in [6.45, 7) is 2.59. The molecule has 0 atom stereocenters. The van der Waals surface area contributed by atoms with E-state index in [1.54, 1.807) is 30.3 Å². The molecule has 2 aromatic rings. The molecule has 2 heterocycles. The van der Waals surface area contributed by atoms with Crippen LogP contribution in [0.2, 0.25) is 5.02 Å². The molecule has 134 valence electrons. The van der Waals surface area contributed by atoms with E-state index in [0.29, 0.717) is 40.9 Å². The molecule has 0 spiro atoms. The average molecular weight is 399 g/mol. The van der Waals surface area contributed by atoms with Gasteiger partial charge in [0.2, 0.25) is 5.91 Å². The number of aryl methyl sites for hydroxylation is 1. The molecule has 0 radical (unpaired) electrons. The molecule has 1 N–H and O–H groups in total. The Kier molecular flexibility index (Phi) is 5.48. The third-order valence-corrected chi connectivity index (χ3v) is 7.83. The van der Waals surface area contributed by atoms with E-state index in [0.717, 1.165) is 4.88 Å². The summed E-state index contributed by atoms with van der Waals surface area (Å²) in [4.78, 5) is 13.4. The number of thiophene rings is 1. The van der Waals surface area contributed by atoms with Gasteiger partial charge in [0, 0.05) is 34.6 Å². The number of anilines is 1. The predicted molar refractivity (Wildman–Crippen MR) is 101 cm³/mol. The van der Waals surface area contributed by atoms with Crippen LogP contribution in [0.25, 0.3) is 0 Å². The summed E-state index contributed by atoms with van der Waals surface area (Å²) >= 11 is 7.20. The number of carbonyl (C=O) groups is 1. The number of nitrogens with zero attached hydrogens (tertiary/aromatic N) is 1. The van der Waals surface area contributed by atoms with Gasteiger partial charge in [-0.25, -0.2) is 8.42 Å². The first-order chi connectivity index (χ1) is 11.9. The van der Waals surface area contributed by atoms with Crippen molar-refractivity contribution in [2.75, 3.05) is 18.4 Å². The molecule has 0 bridgehead atoms. The van der Waals surface area contributed by atoms with Crippen LogP contribution in [0.3, 0.4) is 0 Å². The monoisotopic (exact) mass is 398 g/mol. The Hall–Kier alpha value is -1.41. The van der Waals surface area contributed by atoms with Crippen molar-refractivity contribution in [2.24, 2.45) is 5.92 Å². The lowest BCUT2D eigenvalue weighted by Crippen LogP contribution is -2.41. The van der Waals surface area contributed by atoms with E-state index in [1.165, 1.54) is 15.6 Å². The molecule has 1 aliphatic rings. The number of benzene rings is 1. The van der Waals surface area contributed by atoms with E-state index in [2.05, 4.69) is 5.32 Å². The van der Waals surface area contributed by atoms with Crippen LogP contribution < -0.4 is 5.32 Å². The minimum Gasteiger partial charge on any atom is -0.326 e. The van der Waals surface area contributed by atoms with Gasteiger partial charge in [0.25, 0.3) is 10.0 Å². The first-order valence-corrected chi connectivity index (χ1v) is 10.6. The van der Waals surface area contributed by atoms with Crippen LogP contribution in [0.1, 0.15) is 17.7 Å². The van der Waals surface area contributed by atoms with E-state index in [1.807, 2.05) is 13.0 Å². The summed E-state index contributed by atoms with van der Waals surface area (Å²) in [5.41, 5.74) is 0.654. The van der Waals surface area contributed by atoms with Gasteiger partial charge in [0.15, 0.2) is 0 Å². The molecule has 1 aromatic carbocycles. The number of nitrogens with one attached hydrogen (secondary N) is 1. The van der Waals surface area contributed by atoms with Gasteiger partial charge < -0.3 is 5.32 Å². The molecule has 1 amide bonds. The number of halogens is 1. The Morgan fingerprint density at radius 3 is 2.56 bits per heavy atom. The molecule has 25 heavy (non-hydrogen) atoms. The van der Waals surface area contributed by atoms with Crippen molar-refractivity contribution in [3.63, 3.8) is 0 Å². The summed E-state index contributed by atoms with van der Waals surface area (Å²) in [5.74, 6) is -0.290. The highest BCUT2D eigenvalue weighted by atomic mass is 35.5. The van der Waals surface area contributed by atoms with Crippen molar-refractivity contribution in [3.05, 3.63) is 46.3 Å². The maximum atomic E-state index is 12.6. The fraction of sp³-hybridized carbons (Fsp3) is 0.353. The second-order valence-corrected chi connectivity index (χ2v) is 9.93. The summed E-state index contributed by atoms with van der Waals surface area (Å²) in [6, 6.07) is 10.4. The number of piperidine rings is 1. The van der Waals surface area contributed by atoms with Crippen molar-refractivity contribution in [3.8, 4) is 0 Å². The van der Waals surface area contributed by atoms with Gasteiger partial charge in [-0.3, -0.25) is 4.79 Å². The largest absolute Gasteiger partial charge is 0.326 e. The molecule has 3 rings (SSSR count). The highest BCUT2D eigenvalue weighted by Crippen LogP contribution is 2.28. The molecule has 0 aliphatic carbocycles. The minimum atomic E-state index is -3.45. The van der Waals surface area contributed by atoms with Crippen LogP contribution in [-0.4, -0.2) is 31.7 Å². The Bertz CT molecular complexity index is 872. The summed E-state index contributed by atoms with van der Waals surface area (Å²) in [7, 11) is -3.45. The average Bonchev–Trinajstić information content (AvgIpc) is 3.02. The van der Waals surface area contributed by atoms with Crippen molar-refractivity contribution in [2.45, 2.75) is 24.0 Å². The number of sulfonamides is 1. The number of hydrogen-bond acceptors (Lipinski definition) is 4. The first kappa shape index (κ1) is 18.4. The van der Waals surface area contributed by atoms with Crippen LogP contribution in [-0.2, 0) is 14.8 Å². The van der Waals surface area contributed by atoms with E-state index in [4.69, 9.17) is 11.6 Å². The number of rotatable bonds is 4. The molecule has 1 aliphatic heterocycles. The molecule has 5 nitrogen and oxygen atoms in total. The van der Waals surface area contributed by atoms with E-state index < -0.39 is 10.0 Å². The van der Waals surface area contributed by atoms with Crippen LogP contribution >= 0.6 is 22.9 Å². The standard InChI is InChI=1S/C17H19ClN2O3S2/c1-12-5-6-16(24-12)25(22,23)20-9-7-13(8-10-20)17(21)19-15-4-2-3-14(18)11-15/h2-6,11,13H,7-10H2,1H3,(H,19,21). The quantitative estimate of drug-likeness (QED) is 0.852. The van der Waals surface area contributed by atoms with Gasteiger partial charge in [-0.2, -0.15) is 4.31 Å². The molecule has 0 unspecified atom stereocenters. The van der Waals surface area contributed by atoms with Gasteiger partial charge in [0.1, 0.15) is 4.21 Å². The lowest BCUT2D eigenvalue weighted by atomic mass is 9.97. The minimum absolute atomic E-state index is 0.0914. The van der Waals surface area contributed by atoms with Crippen LogP contribution in [0.5, 0.6) is 0 Å². The lowest BCUT2D eigenvalue weighted by molar-refractivity contribution is -0.120. The van der Waals surface area contributed by atoms with Gasteiger partial charge in [-0.1, -0.05) is 17.7 Å². The molecule has 1 saturated heterocycles. The van der Waals surface area contributed by atoms with Gasteiger partial charge in [-0.05, 0) is 50.1 Å². The maximum Gasteiger partial charge on any atom is 0.252 e. The Morgan fingerprint density at radius 1 is 1.24 bits per heavy atom. The molecular weight excluding hydrogens is 380 g/mol. The Morgan fingerprint density at radius 2 is 1.96 bits per heavy atom. The zero-order valence-corrected chi connectivity index (χ0v) is 16.1. The van der Waals surface area contributed by atoms with Crippen LogP contribution in [0.15, 0.2) is 40.6 Å². The normalized spacial score (nSPS) is 16.7. The van der Waals surface area contributed by atoms with E-state index >= 15 is 0 Å². The number of amides is 1. The van der Waals surface area contributed by atoms with Gasteiger partial charge in [0.05, 0.1) is 0 Å². The van der Waals surface area contributed by atoms with Crippen molar-refractivity contribution in [1.29, 1.82) is 0 Å². The smallest absolute Gasteiger partial charge is 0.252 e. The van der Waals surface area contributed by atoms with Crippen molar-refractivity contribution < 1.29 is 13.2 Å². The lowest BCUT2D eigenvalue weighted by Gasteiger charge is -2.30.